The molecule has 3 heterocycles. The first-order valence-corrected chi connectivity index (χ1v) is 10.9. The average molecular weight is 444 g/mol. The maximum Gasteiger partial charge on any atom is 0.273 e. The predicted octanol–water partition coefficient (Wildman–Crippen LogP) is 3.02. The van der Waals surface area contributed by atoms with Crippen molar-refractivity contribution in [2.45, 2.75) is 19.4 Å². The number of nitrogens with zero attached hydrogens (tertiary/aromatic N) is 5. The first-order valence-electron chi connectivity index (χ1n) is 10.9. The van der Waals surface area contributed by atoms with Crippen LogP contribution in [0.3, 0.4) is 0 Å². The van der Waals surface area contributed by atoms with Crippen molar-refractivity contribution < 1.29 is 14.1 Å². The van der Waals surface area contributed by atoms with Gasteiger partial charge in [0.1, 0.15) is 25.0 Å². The van der Waals surface area contributed by atoms with Crippen molar-refractivity contribution in [3.8, 4) is 11.4 Å². The zero-order valence-electron chi connectivity index (χ0n) is 18.1. The number of para-hydroxylation sites is 1. The summed E-state index contributed by atoms with van der Waals surface area (Å²) in [6, 6.07) is 17.5. The zero-order chi connectivity index (χ0) is 22.5. The summed E-state index contributed by atoms with van der Waals surface area (Å²) in [6.07, 6.45) is 5.34. The topological polar surface area (TPSA) is 98.3 Å². The standard InChI is InChI=1S/C24H24N6O3/c31-24(26-11-13-29-12-3-5-18-4-1-2-6-23(18)29)22-14-21(33-28-22)15-32-20-9-7-19(8-10-20)30-17-25-16-27-30/h1-2,4,6-10,14,16-17H,3,5,11-13,15H2,(H,26,31). The Morgan fingerprint density at radius 3 is 2.88 bits per heavy atom. The number of amides is 1. The summed E-state index contributed by atoms with van der Waals surface area (Å²) in [6.45, 7) is 2.46. The summed E-state index contributed by atoms with van der Waals surface area (Å²) < 4.78 is 12.7. The number of nitrogens with one attached hydrogen (secondary N) is 1. The fraction of sp³-hybridized carbons (Fsp3) is 0.250. The second-order valence-corrected chi connectivity index (χ2v) is 7.78. The highest BCUT2D eigenvalue weighted by Crippen LogP contribution is 2.26. The lowest BCUT2D eigenvalue weighted by Gasteiger charge is -2.31. The molecule has 1 N–H and O–H groups in total. The molecule has 0 bridgehead atoms. The number of aromatic nitrogens is 4. The van der Waals surface area contributed by atoms with Crippen LogP contribution in [0.4, 0.5) is 5.69 Å². The minimum atomic E-state index is -0.257. The third kappa shape index (κ3) is 4.87. The summed E-state index contributed by atoms with van der Waals surface area (Å²) in [5.41, 5.74) is 3.75. The van der Waals surface area contributed by atoms with E-state index in [4.69, 9.17) is 9.26 Å². The molecule has 1 aliphatic rings. The van der Waals surface area contributed by atoms with Gasteiger partial charge in [-0.05, 0) is 48.7 Å². The number of benzene rings is 2. The van der Waals surface area contributed by atoms with Crippen LogP contribution >= 0.6 is 0 Å². The van der Waals surface area contributed by atoms with E-state index in [0.29, 0.717) is 18.1 Å². The fourth-order valence-corrected chi connectivity index (χ4v) is 3.92. The molecule has 0 aliphatic carbocycles. The van der Waals surface area contributed by atoms with Crippen LogP contribution in [0.5, 0.6) is 5.75 Å². The molecule has 9 nitrogen and oxygen atoms in total. The maximum absolute atomic E-state index is 12.5. The molecule has 1 aliphatic heterocycles. The fourth-order valence-electron chi connectivity index (χ4n) is 3.92. The van der Waals surface area contributed by atoms with Crippen molar-refractivity contribution in [3.05, 3.63) is 84.3 Å². The molecule has 0 atom stereocenters. The van der Waals surface area contributed by atoms with Crippen LogP contribution in [0.25, 0.3) is 5.69 Å². The van der Waals surface area contributed by atoms with Crippen LogP contribution in [0.1, 0.15) is 28.2 Å². The Balaban J connectivity index is 1.10. The number of carbonyl (C=O) groups is 1. The Hall–Kier alpha value is -4.14. The Kier molecular flexibility index (Phi) is 6.01. The quantitative estimate of drug-likeness (QED) is 0.446. The van der Waals surface area contributed by atoms with Gasteiger partial charge in [-0.3, -0.25) is 4.79 Å². The second-order valence-electron chi connectivity index (χ2n) is 7.78. The monoisotopic (exact) mass is 444 g/mol. The first kappa shape index (κ1) is 20.7. The Bertz CT molecular complexity index is 1200. The van der Waals surface area contributed by atoms with Gasteiger partial charge in [0.25, 0.3) is 5.91 Å². The van der Waals surface area contributed by atoms with Crippen LogP contribution < -0.4 is 15.0 Å². The van der Waals surface area contributed by atoms with Crippen molar-refractivity contribution in [1.29, 1.82) is 0 Å². The van der Waals surface area contributed by atoms with Crippen LogP contribution in [0, 0.1) is 0 Å². The predicted molar refractivity (Wildman–Crippen MR) is 122 cm³/mol. The molecule has 5 rings (SSSR count). The van der Waals surface area contributed by atoms with E-state index in [2.05, 4.69) is 49.7 Å². The lowest BCUT2D eigenvalue weighted by molar-refractivity contribution is 0.0945. The highest BCUT2D eigenvalue weighted by Gasteiger charge is 2.17. The van der Waals surface area contributed by atoms with Crippen LogP contribution in [0.15, 0.2) is 71.8 Å². The number of carbonyl (C=O) groups excluding carboxylic acids is 1. The molecule has 4 aromatic rings. The maximum atomic E-state index is 12.5. The summed E-state index contributed by atoms with van der Waals surface area (Å²) in [4.78, 5) is 18.7. The lowest BCUT2D eigenvalue weighted by Crippen LogP contribution is -2.37. The smallest absolute Gasteiger partial charge is 0.273 e. The number of ether oxygens (including phenoxy) is 1. The van der Waals surface area contributed by atoms with Gasteiger partial charge < -0.3 is 19.5 Å². The van der Waals surface area contributed by atoms with Crippen molar-refractivity contribution in [1.82, 2.24) is 25.2 Å². The largest absolute Gasteiger partial charge is 0.486 e. The number of hydrogen-bond donors (Lipinski definition) is 1. The van der Waals surface area contributed by atoms with E-state index >= 15 is 0 Å². The average Bonchev–Trinajstić information content (AvgIpc) is 3.56. The molecule has 0 radical (unpaired) electrons. The number of rotatable bonds is 8. The van der Waals surface area contributed by atoms with E-state index in [9.17, 15) is 4.79 Å². The van der Waals surface area contributed by atoms with Gasteiger partial charge in [-0.25, -0.2) is 9.67 Å². The van der Waals surface area contributed by atoms with Gasteiger partial charge in [-0.15, -0.1) is 0 Å². The molecule has 2 aromatic carbocycles. The van der Waals surface area contributed by atoms with E-state index in [1.807, 2.05) is 24.3 Å². The number of aryl methyl sites for hydroxylation is 1. The molecule has 0 unspecified atom stereocenters. The van der Waals surface area contributed by atoms with Gasteiger partial charge in [0.05, 0.1) is 5.69 Å². The van der Waals surface area contributed by atoms with Gasteiger partial charge in [-0.1, -0.05) is 23.4 Å². The molecular weight excluding hydrogens is 420 g/mol. The van der Waals surface area contributed by atoms with Crippen LogP contribution in [0.2, 0.25) is 0 Å². The Morgan fingerprint density at radius 1 is 1.15 bits per heavy atom. The van der Waals surface area contributed by atoms with Gasteiger partial charge in [-0.2, -0.15) is 5.10 Å². The van der Waals surface area contributed by atoms with E-state index < -0.39 is 0 Å². The van der Waals surface area contributed by atoms with Crippen LogP contribution in [-0.2, 0) is 13.0 Å². The van der Waals surface area contributed by atoms with E-state index in [-0.39, 0.29) is 18.2 Å². The second kappa shape index (κ2) is 9.56. The molecular formula is C24H24N6O3. The van der Waals surface area contributed by atoms with Crippen molar-refractivity contribution in [3.63, 3.8) is 0 Å². The molecule has 1 amide bonds. The number of fused-ring (bicyclic) bond motifs is 1. The molecule has 0 spiro atoms. The lowest BCUT2D eigenvalue weighted by atomic mass is 10.0. The molecule has 168 valence electrons. The Morgan fingerprint density at radius 2 is 2.03 bits per heavy atom. The van der Waals surface area contributed by atoms with Gasteiger partial charge in [0.15, 0.2) is 11.5 Å². The van der Waals surface area contributed by atoms with E-state index in [0.717, 1.165) is 31.6 Å². The minimum absolute atomic E-state index is 0.174. The Labute approximate surface area is 191 Å². The zero-order valence-corrected chi connectivity index (χ0v) is 18.1. The van der Waals surface area contributed by atoms with Gasteiger partial charge >= 0.3 is 0 Å². The summed E-state index contributed by atoms with van der Waals surface area (Å²) >= 11 is 0. The minimum Gasteiger partial charge on any atom is -0.486 e. The summed E-state index contributed by atoms with van der Waals surface area (Å²) in [7, 11) is 0. The first-order chi connectivity index (χ1) is 16.3. The number of hydrogen-bond acceptors (Lipinski definition) is 7. The van der Waals surface area contributed by atoms with E-state index in [1.54, 1.807) is 17.1 Å². The van der Waals surface area contributed by atoms with Gasteiger partial charge in [0.2, 0.25) is 0 Å². The van der Waals surface area contributed by atoms with Crippen molar-refractivity contribution in [2.24, 2.45) is 0 Å². The molecule has 0 saturated heterocycles. The molecule has 9 heteroatoms. The third-order valence-corrected chi connectivity index (χ3v) is 5.57. The highest BCUT2D eigenvalue weighted by molar-refractivity contribution is 5.92. The summed E-state index contributed by atoms with van der Waals surface area (Å²) in [5, 5.41) is 10.9. The molecule has 2 aromatic heterocycles. The SMILES string of the molecule is O=C(NCCN1CCCc2ccccc21)c1cc(COc2ccc(-n3cncn3)cc2)on1. The normalized spacial score (nSPS) is 12.9. The third-order valence-electron chi connectivity index (χ3n) is 5.57. The molecule has 0 fully saturated rings. The number of anilines is 1. The highest BCUT2D eigenvalue weighted by atomic mass is 16.5. The van der Waals surface area contributed by atoms with E-state index in [1.165, 1.54) is 17.6 Å². The van der Waals surface area contributed by atoms with Crippen molar-refractivity contribution in [2.75, 3.05) is 24.5 Å². The summed E-state index contributed by atoms with van der Waals surface area (Å²) in [5.74, 6) is 0.890. The van der Waals surface area contributed by atoms with Gasteiger partial charge in [0, 0.05) is 31.4 Å². The van der Waals surface area contributed by atoms with Crippen LogP contribution in [-0.4, -0.2) is 45.5 Å². The van der Waals surface area contributed by atoms with Crippen molar-refractivity contribution >= 4 is 11.6 Å². The molecule has 33 heavy (non-hydrogen) atoms. The molecule has 0 saturated carbocycles.